The first-order chi connectivity index (χ1) is 12.2. The molecule has 7 heteroatoms. The van der Waals surface area contributed by atoms with E-state index < -0.39 is 5.60 Å². The molecule has 0 saturated carbocycles. The van der Waals surface area contributed by atoms with Gasteiger partial charge in [0.2, 0.25) is 5.91 Å². The van der Waals surface area contributed by atoms with E-state index in [2.05, 4.69) is 4.98 Å². The highest BCUT2D eigenvalue weighted by Gasteiger charge is 2.56. The Balaban J connectivity index is 1.49. The lowest BCUT2D eigenvalue weighted by molar-refractivity contribution is -0.218. The molecule has 0 aromatic carbocycles. The van der Waals surface area contributed by atoms with Crippen LogP contribution in [-0.2, 0) is 14.3 Å². The quantitative estimate of drug-likeness (QED) is 0.813. The van der Waals surface area contributed by atoms with Gasteiger partial charge in [0.15, 0.2) is 0 Å². The normalized spacial score (nSPS) is 34.9. The molecule has 1 amide bonds. The Morgan fingerprint density at radius 1 is 1.36 bits per heavy atom. The second-order valence-corrected chi connectivity index (χ2v) is 8.05. The topological polar surface area (TPSA) is 71.9 Å². The molecule has 0 radical (unpaired) electrons. The summed E-state index contributed by atoms with van der Waals surface area (Å²) in [5.41, 5.74) is -0.770. The van der Waals surface area contributed by atoms with Crippen molar-refractivity contribution in [2.24, 2.45) is 11.8 Å². The molecule has 0 spiro atoms. The summed E-state index contributed by atoms with van der Waals surface area (Å²) in [7, 11) is 0. The van der Waals surface area contributed by atoms with Crippen molar-refractivity contribution in [1.29, 1.82) is 0 Å². The zero-order chi connectivity index (χ0) is 17.3. The first-order valence-corrected chi connectivity index (χ1v) is 9.88. The van der Waals surface area contributed by atoms with Crippen molar-refractivity contribution in [1.82, 2.24) is 9.88 Å². The number of carbonyl (C=O) groups is 1. The van der Waals surface area contributed by atoms with Gasteiger partial charge < -0.3 is 19.5 Å². The van der Waals surface area contributed by atoms with Crippen molar-refractivity contribution >= 4 is 17.7 Å². The second-order valence-electron chi connectivity index (χ2n) is 7.05. The number of piperidine rings is 1. The van der Waals surface area contributed by atoms with Crippen molar-refractivity contribution in [3.63, 3.8) is 0 Å². The average molecular weight is 364 g/mol. The van der Waals surface area contributed by atoms with E-state index in [9.17, 15) is 9.90 Å². The summed E-state index contributed by atoms with van der Waals surface area (Å²) in [5, 5.41) is 12.1. The van der Waals surface area contributed by atoms with Gasteiger partial charge in [0.05, 0.1) is 29.6 Å². The van der Waals surface area contributed by atoms with Crippen LogP contribution in [0.2, 0.25) is 0 Å². The number of ether oxygens (including phenoxy) is 2. The third-order valence-electron chi connectivity index (χ3n) is 5.75. The summed E-state index contributed by atoms with van der Waals surface area (Å²) in [6.07, 6.45) is 3.16. The highest BCUT2D eigenvalue weighted by Crippen LogP contribution is 2.44. The number of carbonyl (C=O) groups excluding carboxylic acids is 1. The molecule has 4 rings (SSSR count). The number of rotatable bonds is 3. The number of likely N-dealkylation sites (tertiary alicyclic amines) is 1. The van der Waals surface area contributed by atoms with Crippen LogP contribution < -0.4 is 0 Å². The van der Waals surface area contributed by atoms with Gasteiger partial charge in [-0.3, -0.25) is 4.79 Å². The summed E-state index contributed by atoms with van der Waals surface area (Å²) in [4.78, 5) is 19.2. The van der Waals surface area contributed by atoms with Gasteiger partial charge in [-0.25, -0.2) is 4.98 Å². The monoisotopic (exact) mass is 364 g/mol. The number of hydrogen-bond acceptors (Lipinski definition) is 6. The first kappa shape index (κ1) is 17.3. The lowest BCUT2D eigenvalue weighted by Crippen LogP contribution is -2.69. The van der Waals surface area contributed by atoms with Crippen molar-refractivity contribution in [2.75, 3.05) is 38.7 Å². The fourth-order valence-corrected chi connectivity index (χ4v) is 5.14. The minimum atomic E-state index is -0.770. The predicted octanol–water partition coefficient (Wildman–Crippen LogP) is 1.19. The van der Waals surface area contributed by atoms with E-state index in [0.29, 0.717) is 45.1 Å². The smallest absolute Gasteiger partial charge is 0.233 e. The van der Waals surface area contributed by atoms with Crippen LogP contribution in [0.4, 0.5) is 0 Å². The van der Waals surface area contributed by atoms with Crippen LogP contribution in [0.25, 0.3) is 0 Å². The lowest BCUT2D eigenvalue weighted by Gasteiger charge is -2.57. The number of pyridine rings is 1. The predicted molar refractivity (Wildman–Crippen MR) is 93.3 cm³/mol. The summed E-state index contributed by atoms with van der Waals surface area (Å²) in [5.74, 6) is 0.425. The maximum atomic E-state index is 12.9. The van der Waals surface area contributed by atoms with Crippen molar-refractivity contribution < 1.29 is 19.4 Å². The lowest BCUT2D eigenvalue weighted by atomic mass is 9.66. The largest absolute Gasteiger partial charge is 0.389 e. The molecule has 3 aliphatic rings. The van der Waals surface area contributed by atoms with Gasteiger partial charge in [0.25, 0.3) is 0 Å². The molecule has 3 saturated heterocycles. The third-order valence-corrected chi connectivity index (χ3v) is 6.68. The van der Waals surface area contributed by atoms with E-state index in [4.69, 9.17) is 9.47 Å². The number of hydrogen-bond donors (Lipinski definition) is 1. The maximum absolute atomic E-state index is 12.9. The second kappa shape index (κ2) is 7.23. The maximum Gasteiger partial charge on any atom is 0.233 e. The Bertz CT molecular complexity index is 616. The van der Waals surface area contributed by atoms with Crippen LogP contribution in [0.3, 0.4) is 0 Å². The number of aromatic nitrogens is 1. The Kier molecular flexibility index (Phi) is 4.99. The van der Waals surface area contributed by atoms with Crippen molar-refractivity contribution in [2.45, 2.75) is 29.5 Å². The van der Waals surface area contributed by atoms with Crippen molar-refractivity contribution in [3.8, 4) is 0 Å². The van der Waals surface area contributed by atoms with Crippen LogP contribution in [0, 0.1) is 11.8 Å². The van der Waals surface area contributed by atoms with E-state index in [1.165, 1.54) is 11.8 Å². The van der Waals surface area contributed by atoms with Gasteiger partial charge in [-0.2, -0.15) is 0 Å². The minimum absolute atomic E-state index is 0.0206. The van der Waals surface area contributed by atoms with E-state index in [1.807, 2.05) is 23.1 Å². The number of amides is 1. The summed E-state index contributed by atoms with van der Waals surface area (Å²) >= 11 is 1.46. The van der Waals surface area contributed by atoms with Crippen LogP contribution >= 0.6 is 11.8 Å². The van der Waals surface area contributed by atoms with Crippen LogP contribution in [-0.4, -0.2) is 71.3 Å². The van der Waals surface area contributed by atoms with E-state index in [1.54, 1.807) is 6.20 Å². The summed E-state index contributed by atoms with van der Waals surface area (Å²) < 4.78 is 11.2. The molecule has 3 fully saturated rings. The molecular formula is C18H24N2O4S. The summed E-state index contributed by atoms with van der Waals surface area (Å²) in [6.45, 7) is 2.83. The standard InChI is InChI=1S/C18H24N2O4S/c21-17(12-25-16-3-1-2-6-19-16)20-9-13-10-24-8-5-18(13,22)14-11-23-7-4-15(14)20/h1-3,6,13-15,22H,4-5,7-12H2/t13-,14+,15-,18-/m0/s1. The number of aliphatic hydroxyl groups is 1. The Morgan fingerprint density at radius 3 is 3.08 bits per heavy atom. The molecule has 1 aromatic heterocycles. The SMILES string of the molecule is O=C(CSc1ccccn1)N1C[C@H]2COCC[C@@]2(O)[C@@H]2COCC[C@@H]21. The van der Waals surface area contributed by atoms with Gasteiger partial charge in [-0.15, -0.1) is 0 Å². The fraction of sp³-hybridized carbons (Fsp3) is 0.667. The molecule has 136 valence electrons. The molecule has 4 heterocycles. The van der Waals surface area contributed by atoms with Gasteiger partial charge in [-0.05, 0) is 18.6 Å². The molecule has 4 atom stereocenters. The molecule has 0 bridgehead atoms. The Hall–Kier alpha value is -1.15. The minimum Gasteiger partial charge on any atom is -0.389 e. The van der Waals surface area contributed by atoms with Gasteiger partial charge in [0.1, 0.15) is 0 Å². The fourth-order valence-electron chi connectivity index (χ4n) is 4.40. The molecule has 1 aromatic rings. The highest BCUT2D eigenvalue weighted by atomic mass is 32.2. The van der Waals surface area contributed by atoms with Crippen LogP contribution in [0.1, 0.15) is 12.8 Å². The van der Waals surface area contributed by atoms with Gasteiger partial charge >= 0.3 is 0 Å². The van der Waals surface area contributed by atoms with Crippen LogP contribution in [0.5, 0.6) is 0 Å². The molecular weight excluding hydrogens is 340 g/mol. The highest BCUT2D eigenvalue weighted by molar-refractivity contribution is 7.99. The van der Waals surface area contributed by atoms with E-state index in [0.717, 1.165) is 11.4 Å². The third kappa shape index (κ3) is 3.30. The molecule has 1 N–H and O–H groups in total. The average Bonchev–Trinajstić information content (AvgIpc) is 2.66. The zero-order valence-electron chi connectivity index (χ0n) is 14.2. The molecule has 6 nitrogen and oxygen atoms in total. The Labute approximate surface area is 151 Å². The number of nitrogens with zero attached hydrogens (tertiary/aromatic N) is 2. The van der Waals surface area contributed by atoms with Gasteiger partial charge in [-0.1, -0.05) is 17.8 Å². The Morgan fingerprint density at radius 2 is 2.24 bits per heavy atom. The molecule has 0 aliphatic carbocycles. The summed E-state index contributed by atoms with van der Waals surface area (Å²) in [6, 6.07) is 5.77. The molecule has 3 aliphatic heterocycles. The van der Waals surface area contributed by atoms with Gasteiger partial charge in [0, 0.05) is 50.3 Å². The van der Waals surface area contributed by atoms with Crippen LogP contribution in [0.15, 0.2) is 29.4 Å². The number of thioether (sulfide) groups is 1. The number of fused-ring (bicyclic) bond motifs is 3. The molecule has 25 heavy (non-hydrogen) atoms. The van der Waals surface area contributed by atoms with E-state index >= 15 is 0 Å². The van der Waals surface area contributed by atoms with E-state index in [-0.39, 0.29) is 23.8 Å². The molecule has 0 unspecified atom stereocenters. The first-order valence-electron chi connectivity index (χ1n) is 8.89. The van der Waals surface area contributed by atoms with Crippen molar-refractivity contribution in [3.05, 3.63) is 24.4 Å². The zero-order valence-corrected chi connectivity index (χ0v) is 15.0.